The van der Waals surface area contributed by atoms with Crippen LogP contribution in [0.4, 0.5) is 15.8 Å². The first-order valence-corrected chi connectivity index (χ1v) is 15.6. The second-order valence-corrected chi connectivity index (χ2v) is 12.6. The van der Waals surface area contributed by atoms with Crippen LogP contribution in [-0.2, 0) is 25.7 Å². The lowest BCUT2D eigenvalue weighted by Gasteiger charge is -2.30. The first-order chi connectivity index (χ1) is 21.2. The Bertz CT molecular complexity index is 1840. The van der Waals surface area contributed by atoms with Gasteiger partial charge in [0.25, 0.3) is 0 Å². The second-order valence-electron chi connectivity index (χ2n) is 10.1. The van der Waals surface area contributed by atoms with Gasteiger partial charge >= 0.3 is 10.8 Å². The van der Waals surface area contributed by atoms with Crippen molar-refractivity contribution < 1.29 is 28.3 Å². The van der Waals surface area contributed by atoms with E-state index in [0.717, 1.165) is 28.0 Å². The summed E-state index contributed by atoms with van der Waals surface area (Å²) >= 11 is 7.89. The highest BCUT2D eigenvalue weighted by Gasteiger charge is 2.56. The Hall–Kier alpha value is -4.26. The number of ether oxygens (including phenoxy) is 1. The quantitative estimate of drug-likeness (QED) is 0.213. The largest absolute Gasteiger partial charge is 0.462 e. The minimum absolute atomic E-state index is 0.201. The molecule has 3 heterocycles. The average Bonchev–Trinajstić information content (AvgIpc) is 3.45. The van der Waals surface area contributed by atoms with Gasteiger partial charge < -0.3 is 10.1 Å². The fraction of sp³-hybridized carbons (Fsp3) is 0.194. The summed E-state index contributed by atoms with van der Waals surface area (Å²) in [5, 5.41) is 2.72. The zero-order chi connectivity index (χ0) is 31.1. The van der Waals surface area contributed by atoms with Crippen LogP contribution in [-0.4, -0.2) is 40.1 Å². The van der Waals surface area contributed by atoms with E-state index in [1.54, 1.807) is 31.2 Å². The highest BCUT2D eigenvalue weighted by atomic mass is 35.5. The Labute approximate surface area is 263 Å². The van der Waals surface area contributed by atoms with Crippen molar-refractivity contribution in [2.75, 3.05) is 16.8 Å². The molecule has 13 heteroatoms. The smallest absolute Gasteiger partial charge is 0.338 e. The van der Waals surface area contributed by atoms with E-state index in [1.165, 1.54) is 53.1 Å². The van der Waals surface area contributed by atoms with E-state index in [2.05, 4.69) is 5.32 Å². The Balaban J connectivity index is 1.36. The van der Waals surface area contributed by atoms with Crippen molar-refractivity contribution in [3.8, 4) is 0 Å². The number of benzene rings is 3. The summed E-state index contributed by atoms with van der Waals surface area (Å²) < 4.78 is 20.2. The van der Waals surface area contributed by atoms with Crippen LogP contribution < -0.4 is 15.1 Å². The Kier molecular flexibility index (Phi) is 8.14. The van der Waals surface area contributed by atoms with Gasteiger partial charge in [0.1, 0.15) is 17.6 Å². The van der Waals surface area contributed by atoms with Crippen LogP contribution in [0.5, 0.6) is 0 Å². The number of halogens is 2. The van der Waals surface area contributed by atoms with E-state index in [0.29, 0.717) is 26.2 Å². The number of hydrogen-bond donors (Lipinski definition) is 1. The number of imide groups is 1. The van der Waals surface area contributed by atoms with Crippen molar-refractivity contribution in [3.63, 3.8) is 0 Å². The summed E-state index contributed by atoms with van der Waals surface area (Å²) in [6.07, 6.45) is 0. The number of esters is 1. The number of thioether (sulfide) groups is 1. The van der Waals surface area contributed by atoms with Crippen LogP contribution in [0.25, 0.3) is 0 Å². The summed E-state index contributed by atoms with van der Waals surface area (Å²) in [6, 6.07) is 18.1. The molecule has 3 atom stereocenters. The molecule has 0 aliphatic carbocycles. The molecule has 44 heavy (non-hydrogen) atoms. The summed E-state index contributed by atoms with van der Waals surface area (Å²) in [7, 11) is 0. The number of carbonyl (C=O) groups is 4. The number of fused-ring (bicyclic) bond motifs is 2. The van der Waals surface area contributed by atoms with E-state index in [4.69, 9.17) is 16.3 Å². The van der Waals surface area contributed by atoms with Crippen molar-refractivity contribution in [3.05, 3.63) is 109 Å². The maximum absolute atomic E-state index is 14.0. The number of rotatable bonds is 7. The Morgan fingerprint density at radius 1 is 0.955 bits per heavy atom. The highest BCUT2D eigenvalue weighted by Crippen LogP contribution is 2.53. The molecule has 0 saturated carbocycles. The van der Waals surface area contributed by atoms with Crippen molar-refractivity contribution in [1.82, 2.24) is 4.57 Å². The van der Waals surface area contributed by atoms with Crippen LogP contribution in [0.2, 0.25) is 5.02 Å². The molecule has 1 saturated heterocycles. The predicted molar refractivity (Wildman–Crippen MR) is 165 cm³/mol. The third-order valence-electron chi connectivity index (χ3n) is 7.34. The fourth-order valence-electron chi connectivity index (χ4n) is 5.38. The summed E-state index contributed by atoms with van der Waals surface area (Å²) in [6.45, 7) is 1.57. The van der Waals surface area contributed by atoms with E-state index in [9.17, 15) is 28.4 Å². The minimum atomic E-state index is -0.922. The van der Waals surface area contributed by atoms with E-state index in [1.807, 2.05) is 0 Å². The van der Waals surface area contributed by atoms with Crippen molar-refractivity contribution >= 4 is 69.8 Å². The van der Waals surface area contributed by atoms with Gasteiger partial charge in [-0.2, -0.15) is 0 Å². The molecule has 1 N–H and O–H groups in total. The number of hydrogen-bond acceptors (Lipinski definition) is 8. The van der Waals surface area contributed by atoms with Gasteiger partial charge in [0.15, 0.2) is 0 Å². The molecule has 0 radical (unpaired) electrons. The van der Waals surface area contributed by atoms with Gasteiger partial charge in [0, 0.05) is 21.5 Å². The number of thiazole rings is 1. The lowest BCUT2D eigenvalue weighted by Crippen LogP contribution is -2.33. The molecule has 9 nitrogen and oxygen atoms in total. The number of carbonyl (C=O) groups excluding carboxylic acids is 4. The molecule has 2 aliphatic rings. The predicted octanol–water partition coefficient (Wildman–Crippen LogP) is 5.31. The number of anilines is 2. The maximum atomic E-state index is 14.0. The molecule has 0 unspecified atom stereocenters. The minimum Gasteiger partial charge on any atom is -0.462 e. The van der Waals surface area contributed by atoms with Crippen LogP contribution in [0, 0.1) is 11.7 Å². The molecule has 6 rings (SSSR count). The molecular formula is C31H23ClFN3O6S2. The molecule has 1 fully saturated rings. The van der Waals surface area contributed by atoms with Crippen LogP contribution in [0.3, 0.4) is 0 Å². The van der Waals surface area contributed by atoms with Gasteiger partial charge in [-0.1, -0.05) is 46.8 Å². The third-order valence-corrected chi connectivity index (χ3v) is 10.2. The Morgan fingerprint density at radius 3 is 2.30 bits per heavy atom. The van der Waals surface area contributed by atoms with Crippen molar-refractivity contribution in [1.29, 1.82) is 0 Å². The zero-order valence-corrected chi connectivity index (χ0v) is 25.4. The van der Waals surface area contributed by atoms with Gasteiger partial charge in [-0.3, -0.25) is 23.7 Å². The SMILES string of the molecule is CCOC(=O)c1ccc(N2C(=O)[C@H]3[C@H](c4ccc(F)cc4)c4sc(=O)n(CC(=O)Nc5ccc(Cl)cc5)c4S[C@H]3C2=O)cc1. The lowest BCUT2D eigenvalue weighted by atomic mass is 9.83. The van der Waals surface area contributed by atoms with E-state index >= 15 is 0 Å². The van der Waals surface area contributed by atoms with Gasteiger partial charge in [-0.05, 0) is 73.2 Å². The van der Waals surface area contributed by atoms with Gasteiger partial charge in [-0.25, -0.2) is 14.1 Å². The zero-order valence-electron chi connectivity index (χ0n) is 23.0. The molecule has 1 aromatic heterocycles. The Morgan fingerprint density at radius 2 is 1.64 bits per heavy atom. The molecule has 0 spiro atoms. The fourth-order valence-corrected chi connectivity index (χ4v) is 8.28. The number of amides is 3. The number of nitrogens with zero attached hydrogens (tertiary/aromatic N) is 2. The standard InChI is InChI=1S/C31H23ClFN3O6S2/c1-2-42-30(40)17-5-13-21(14-6-17)36-27(38)24-23(16-3-9-19(33)10-4-16)26-29(43-25(24)28(36)39)35(31(41)44-26)15-22(37)34-20-11-7-18(32)8-12-20/h3-14,23-25H,2,15H2,1H3,(H,34,37)/t23-,24-,25+/m0/s1. The summed E-state index contributed by atoms with van der Waals surface area (Å²) in [4.78, 5) is 67.4. The average molecular weight is 652 g/mol. The molecule has 2 aliphatic heterocycles. The van der Waals surface area contributed by atoms with Gasteiger partial charge in [0.2, 0.25) is 17.7 Å². The first kappa shape index (κ1) is 29.8. The molecule has 224 valence electrons. The van der Waals surface area contributed by atoms with Crippen LogP contribution in [0.1, 0.15) is 33.6 Å². The molecule has 3 amide bonds. The number of nitrogens with one attached hydrogen (secondary N) is 1. The third kappa shape index (κ3) is 5.44. The maximum Gasteiger partial charge on any atom is 0.338 e. The van der Waals surface area contributed by atoms with Crippen molar-refractivity contribution in [2.45, 2.75) is 29.7 Å². The van der Waals surface area contributed by atoms with Crippen LogP contribution in [0.15, 0.2) is 82.6 Å². The van der Waals surface area contributed by atoms with Gasteiger partial charge in [0.05, 0.1) is 28.8 Å². The molecule has 0 bridgehead atoms. The van der Waals surface area contributed by atoms with E-state index in [-0.39, 0.29) is 24.4 Å². The normalized spacial score (nSPS) is 19.0. The molecule has 3 aromatic carbocycles. The lowest BCUT2D eigenvalue weighted by molar-refractivity contribution is -0.122. The second kappa shape index (κ2) is 12.0. The topological polar surface area (TPSA) is 115 Å². The summed E-state index contributed by atoms with van der Waals surface area (Å²) in [5.41, 5.74) is 1.61. The molecular weight excluding hydrogens is 629 g/mol. The highest BCUT2D eigenvalue weighted by molar-refractivity contribution is 8.00. The molecule has 4 aromatic rings. The summed E-state index contributed by atoms with van der Waals surface area (Å²) in [5.74, 6) is -4.08. The first-order valence-electron chi connectivity index (χ1n) is 13.5. The van der Waals surface area contributed by atoms with Crippen LogP contribution >= 0.6 is 34.7 Å². The van der Waals surface area contributed by atoms with Crippen molar-refractivity contribution in [2.24, 2.45) is 5.92 Å². The number of aromatic nitrogens is 1. The monoisotopic (exact) mass is 651 g/mol. The van der Waals surface area contributed by atoms with E-state index < -0.39 is 51.5 Å². The van der Waals surface area contributed by atoms with Gasteiger partial charge in [-0.15, -0.1) is 0 Å².